The van der Waals surface area contributed by atoms with Gasteiger partial charge in [-0.2, -0.15) is 0 Å². The number of imidazole rings is 1. The van der Waals surface area contributed by atoms with Gasteiger partial charge in [0.25, 0.3) is 0 Å². The van der Waals surface area contributed by atoms with E-state index in [9.17, 15) is 4.79 Å². The molecule has 1 saturated heterocycles. The quantitative estimate of drug-likeness (QED) is 0.811. The standard InChI is InChI=1S/C22H32N4O/c1-17(2)26-14-11-23-22(26)20-5-4-12-25(16-20)13-10-21(27)24-15-19-8-6-18(3)7-9-19/h6-9,11,14,17,20H,4-5,10,12-13,15-16H2,1-3H3,(H,24,27)/t20-/m0/s1. The largest absolute Gasteiger partial charge is 0.352 e. The van der Waals surface area contributed by atoms with Crippen molar-refractivity contribution in [2.24, 2.45) is 0 Å². The van der Waals surface area contributed by atoms with E-state index in [0.29, 0.717) is 24.9 Å². The predicted molar refractivity (Wildman–Crippen MR) is 109 cm³/mol. The minimum Gasteiger partial charge on any atom is -0.352 e. The van der Waals surface area contributed by atoms with Crippen LogP contribution in [0.4, 0.5) is 0 Å². The number of amides is 1. The molecular formula is C22H32N4O. The molecule has 1 aliphatic rings. The van der Waals surface area contributed by atoms with Crippen molar-refractivity contribution in [2.75, 3.05) is 19.6 Å². The molecule has 0 spiro atoms. The minimum atomic E-state index is 0.126. The van der Waals surface area contributed by atoms with Crippen molar-refractivity contribution in [1.82, 2.24) is 19.8 Å². The van der Waals surface area contributed by atoms with Crippen molar-refractivity contribution < 1.29 is 4.79 Å². The summed E-state index contributed by atoms with van der Waals surface area (Å²) >= 11 is 0. The van der Waals surface area contributed by atoms with Crippen molar-refractivity contribution in [3.05, 3.63) is 53.6 Å². The lowest BCUT2D eigenvalue weighted by atomic mass is 9.96. The normalized spacial score (nSPS) is 18.0. The minimum absolute atomic E-state index is 0.126. The molecular weight excluding hydrogens is 336 g/mol. The van der Waals surface area contributed by atoms with Crippen LogP contribution in [0.5, 0.6) is 0 Å². The Kier molecular flexibility index (Phi) is 6.67. The summed E-state index contributed by atoms with van der Waals surface area (Å²) in [6.07, 6.45) is 6.89. The highest BCUT2D eigenvalue weighted by Gasteiger charge is 2.25. The molecule has 5 heteroatoms. The zero-order chi connectivity index (χ0) is 19.2. The van der Waals surface area contributed by atoms with Crippen molar-refractivity contribution in [1.29, 1.82) is 0 Å². The van der Waals surface area contributed by atoms with Crippen LogP contribution >= 0.6 is 0 Å². The number of carbonyl (C=O) groups is 1. The van der Waals surface area contributed by atoms with Gasteiger partial charge >= 0.3 is 0 Å². The van der Waals surface area contributed by atoms with Gasteiger partial charge in [-0.3, -0.25) is 4.79 Å². The highest BCUT2D eigenvalue weighted by Crippen LogP contribution is 2.27. The first-order valence-electron chi connectivity index (χ1n) is 10.1. The first-order valence-corrected chi connectivity index (χ1v) is 10.1. The topological polar surface area (TPSA) is 50.2 Å². The molecule has 5 nitrogen and oxygen atoms in total. The molecule has 1 aromatic carbocycles. The number of aromatic nitrogens is 2. The Hall–Kier alpha value is -2.14. The number of nitrogens with zero attached hydrogens (tertiary/aromatic N) is 3. The van der Waals surface area contributed by atoms with Crippen LogP contribution in [0.1, 0.15) is 62.0 Å². The number of piperidine rings is 1. The van der Waals surface area contributed by atoms with E-state index in [2.05, 4.69) is 71.0 Å². The third kappa shape index (κ3) is 5.42. The fourth-order valence-corrected chi connectivity index (χ4v) is 3.80. The lowest BCUT2D eigenvalue weighted by Gasteiger charge is -2.33. The number of hydrogen-bond donors (Lipinski definition) is 1. The van der Waals surface area contributed by atoms with Gasteiger partial charge in [0.2, 0.25) is 5.91 Å². The van der Waals surface area contributed by atoms with Gasteiger partial charge in [-0.15, -0.1) is 0 Å². The summed E-state index contributed by atoms with van der Waals surface area (Å²) in [5, 5.41) is 3.04. The molecule has 0 unspecified atom stereocenters. The Balaban J connectivity index is 1.45. The summed E-state index contributed by atoms with van der Waals surface area (Å²) in [5.41, 5.74) is 2.38. The number of benzene rings is 1. The van der Waals surface area contributed by atoms with Crippen LogP contribution in [-0.2, 0) is 11.3 Å². The van der Waals surface area contributed by atoms with Crippen molar-refractivity contribution >= 4 is 5.91 Å². The van der Waals surface area contributed by atoms with Gasteiger partial charge in [-0.25, -0.2) is 4.98 Å². The third-order valence-corrected chi connectivity index (χ3v) is 5.39. The molecule has 146 valence electrons. The Morgan fingerprint density at radius 3 is 2.81 bits per heavy atom. The smallest absolute Gasteiger partial charge is 0.221 e. The highest BCUT2D eigenvalue weighted by molar-refractivity contribution is 5.76. The lowest BCUT2D eigenvalue weighted by molar-refractivity contribution is -0.121. The van der Waals surface area contributed by atoms with E-state index in [4.69, 9.17) is 0 Å². The van der Waals surface area contributed by atoms with Gasteiger partial charge in [-0.1, -0.05) is 29.8 Å². The summed E-state index contributed by atoms with van der Waals surface area (Å²) in [5.74, 6) is 1.78. The van der Waals surface area contributed by atoms with E-state index >= 15 is 0 Å². The zero-order valence-electron chi connectivity index (χ0n) is 16.8. The molecule has 1 atom stereocenters. The van der Waals surface area contributed by atoms with Crippen LogP contribution in [0.2, 0.25) is 0 Å². The van der Waals surface area contributed by atoms with E-state index in [1.165, 1.54) is 24.2 Å². The van der Waals surface area contributed by atoms with Crippen LogP contribution in [0.15, 0.2) is 36.7 Å². The Morgan fingerprint density at radius 2 is 2.07 bits per heavy atom. The molecule has 1 fully saturated rings. The number of carbonyl (C=O) groups excluding carboxylic acids is 1. The van der Waals surface area contributed by atoms with Gasteiger partial charge in [0, 0.05) is 50.4 Å². The first kappa shape index (κ1) is 19.6. The van der Waals surface area contributed by atoms with Gasteiger partial charge in [0.05, 0.1) is 0 Å². The van der Waals surface area contributed by atoms with Crippen molar-refractivity contribution in [3.63, 3.8) is 0 Å². The van der Waals surface area contributed by atoms with Crippen molar-refractivity contribution in [3.8, 4) is 0 Å². The molecule has 0 aliphatic carbocycles. The number of hydrogen-bond acceptors (Lipinski definition) is 3. The van der Waals surface area contributed by atoms with Crippen LogP contribution in [0, 0.1) is 6.92 Å². The van der Waals surface area contributed by atoms with E-state index in [1.54, 1.807) is 0 Å². The average molecular weight is 369 g/mol. The summed E-state index contributed by atoms with van der Waals surface area (Å²) in [4.78, 5) is 19.3. The second kappa shape index (κ2) is 9.18. The molecule has 2 aromatic rings. The molecule has 2 heterocycles. The zero-order valence-corrected chi connectivity index (χ0v) is 16.8. The third-order valence-electron chi connectivity index (χ3n) is 5.39. The lowest BCUT2D eigenvalue weighted by Crippen LogP contribution is -2.38. The molecule has 27 heavy (non-hydrogen) atoms. The molecule has 0 saturated carbocycles. The molecule has 0 radical (unpaired) electrons. The van der Waals surface area contributed by atoms with Gasteiger partial charge in [-0.05, 0) is 45.7 Å². The van der Waals surface area contributed by atoms with E-state index < -0.39 is 0 Å². The predicted octanol–water partition coefficient (Wildman–Crippen LogP) is 3.66. The fraction of sp³-hybridized carbons (Fsp3) is 0.545. The Bertz CT molecular complexity index is 735. The van der Waals surface area contributed by atoms with Crippen LogP contribution in [0.25, 0.3) is 0 Å². The maximum Gasteiger partial charge on any atom is 0.221 e. The number of nitrogens with one attached hydrogen (secondary N) is 1. The molecule has 1 aliphatic heterocycles. The van der Waals surface area contributed by atoms with Crippen LogP contribution in [-0.4, -0.2) is 40.0 Å². The SMILES string of the molecule is Cc1ccc(CNC(=O)CCN2CCC[C@H](c3nccn3C(C)C)C2)cc1. The molecule has 1 amide bonds. The van der Waals surface area contributed by atoms with E-state index in [1.807, 2.05) is 6.20 Å². The van der Waals surface area contributed by atoms with Crippen LogP contribution < -0.4 is 5.32 Å². The second-order valence-corrected chi connectivity index (χ2v) is 7.94. The number of likely N-dealkylation sites (tertiary alicyclic amines) is 1. The first-order chi connectivity index (χ1) is 13.0. The molecule has 3 rings (SSSR count). The van der Waals surface area contributed by atoms with E-state index in [-0.39, 0.29) is 5.91 Å². The molecule has 1 N–H and O–H groups in total. The monoisotopic (exact) mass is 368 g/mol. The summed E-state index contributed by atoms with van der Waals surface area (Å²) in [6.45, 7) is 9.96. The fourth-order valence-electron chi connectivity index (χ4n) is 3.80. The molecule has 0 bridgehead atoms. The van der Waals surface area contributed by atoms with Crippen molar-refractivity contribution in [2.45, 2.75) is 58.5 Å². The Labute approximate surface area is 162 Å². The van der Waals surface area contributed by atoms with Gasteiger partial charge < -0.3 is 14.8 Å². The van der Waals surface area contributed by atoms with E-state index in [0.717, 1.165) is 25.2 Å². The summed E-state index contributed by atoms with van der Waals surface area (Å²) in [6, 6.07) is 8.74. The van der Waals surface area contributed by atoms with Gasteiger partial charge in [0.1, 0.15) is 5.82 Å². The second-order valence-electron chi connectivity index (χ2n) is 7.94. The Morgan fingerprint density at radius 1 is 1.30 bits per heavy atom. The maximum atomic E-state index is 12.2. The highest BCUT2D eigenvalue weighted by atomic mass is 16.1. The summed E-state index contributed by atoms with van der Waals surface area (Å²) < 4.78 is 2.28. The summed E-state index contributed by atoms with van der Waals surface area (Å²) in [7, 11) is 0. The van der Waals surface area contributed by atoms with Gasteiger partial charge in [0.15, 0.2) is 0 Å². The molecule has 1 aromatic heterocycles. The maximum absolute atomic E-state index is 12.2. The number of aryl methyl sites for hydroxylation is 1. The average Bonchev–Trinajstić information content (AvgIpc) is 3.16. The number of rotatable bonds is 7. The van der Waals surface area contributed by atoms with Crippen LogP contribution in [0.3, 0.4) is 0 Å².